The third-order valence-electron chi connectivity index (χ3n) is 2.47. The molecule has 0 atom stereocenters. The Morgan fingerprint density at radius 1 is 1.50 bits per heavy atom. The second-order valence-electron chi connectivity index (χ2n) is 3.46. The number of nitrogens with zero attached hydrogens (tertiary/aromatic N) is 1. The summed E-state index contributed by atoms with van der Waals surface area (Å²) in [6.45, 7) is 0. The number of aromatic carboxylic acids is 1. The topological polar surface area (TPSA) is 51.5 Å². The Morgan fingerprint density at radius 3 is 2.75 bits per heavy atom. The lowest BCUT2D eigenvalue weighted by Gasteiger charge is -2.04. The van der Waals surface area contributed by atoms with E-state index in [9.17, 15) is 4.79 Å². The molecule has 84 valence electrons. The lowest BCUT2D eigenvalue weighted by molar-refractivity contribution is 0.0698. The van der Waals surface area contributed by atoms with Crippen LogP contribution in [0.1, 0.15) is 10.4 Å². The molecule has 2 aromatic rings. The Hall–Kier alpha value is -1.68. The van der Waals surface area contributed by atoms with Crippen LogP contribution in [0.25, 0.3) is 10.9 Å². The van der Waals surface area contributed by atoms with Crippen molar-refractivity contribution in [1.29, 1.82) is 0 Å². The van der Waals surface area contributed by atoms with E-state index in [0.29, 0.717) is 16.2 Å². The van der Waals surface area contributed by atoms with Crippen molar-refractivity contribution in [2.24, 2.45) is 7.05 Å². The maximum atomic E-state index is 11.1. The molecule has 2 rings (SSSR count). The number of aromatic nitrogens is 1. The molecule has 4 nitrogen and oxygen atoms in total. The summed E-state index contributed by atoms with van der Waals surface area (Å²) in [6, 6.07) is 3.32. The number of benzene rings is 1. The summed E-state index contributed by atoms with van der Waals surface area (Å²) >= 11 is 5.92. The summed E-state index contributed by atoms with van der Waals surface area (Å²) in [6.07, 6.45) is 1.55. The number of hydrogen-bond donors (Lipinski definition) is 1. The summed E-state index contributed by atoms with van der Waals surface area (Å²) in [5, 5.41) is 10.2. The van der Waals surface area contributed by atoms with Gasteiger partial charge in [-0.15, -0.1) is 0 Å². The van der Waals surface area contributed by atoms with Crippen molar-refractivity contribution in [1.82, 2.24) is 4.57 Å². The smallest absolute Gasteiger partial charge is 0.338 e. The third-order valence-corrected chi connectivity index (χ3v) is 2.69. The number of methoxy groups -OCH3 is 1. The number of ether oxygens (including phenoxy) is 1. The molecule has 0 aliphatic heterocycles. The van der Waals surface area contributed by atoms with Crippen LogP contribution in [-0.4, -0.2) is 22.8 Å². The van der Waals surface area contributed by atoms with Gasteiger partial charge in [-0.2, -0.15) is 0 Å². The minimum Gasteiger partial charge on any atom is -0.496 e. The van der Waals surface area contributed by atoms with Crippen molar-refractivity contribution < 1.29 is 14.6 Å². The molecular formula is C11H10ClNO3. The first-order chi connectivity index (χ1) is 7.54. The van der Waals surface area contributed by atoms with Gasteiger partial charge in [0.2, 0.25) is 0 Å². The van der Waals surface area contributed by atoms with Crippen molar-refractivity contribution in [2.45, 2.75) is 0 Å². The van der Waals surface area contributed by atoms with E-state index < -0.39 is 5.97 Å². The molecule has 0 bridgehead atoms. The Bertz CT molecular complexity index is 574. The number of rotatable bonds is 2. The zero-order chi connectivity index (χ0) is 11.9. The quantitative estimate of drug-likeness (QED) is 0.876. The van der Waals surface area contributed by atoms with Gasteiger partial charge in [0.1, 0.15) is 5.75 Å². The first kappa shape index (κ1) is 10.8. The van der Waals surface area contributed by atoms with Gasteiger partial charge in [-0.05, 0) is 12.1 Å². The van der Waals surface area contributed by atoms with Crippen LogP contribution in [0, 0.1) is 0 Å². The van der Waals surface area contributed by atoms with E-state index in [0.717, 1.165) is 5.52 Å². The van der Waals surface area contributed by atoms with Gasteiger partial charge in [-0.25, -0.2) is 4.79 Å². The minimum absolute atomic E-state index is 0.214. The van der Waals surface area contributed by atoms with Gasteiger partial charge in [0, 0.05) is 18.3 Å². The van der Waals surface area contributed by atoms with Crippen LogP contribution in [0.3, 0.4) is 0 Å². The first-order valence-corrected chi connectivity index (χ1v) is 4.98. The summed E-state index contributed by atoms with van der Waals surface area (Å²) in [5.41, 5.74) is 0.952. The zero-order valence-electron chi connectivity index (χ0n) is 8.82. The van der Waals surface area contributed by atoms with Crippen LogP contribution in [0.15, 0.2) is 18.3 Å². The molecule has 0 aliphatic rings. The molecule has 5 heteroatoms. The van der Waals surface area contributed by atoms with Crippen LogP contribution in [0.4, 0.5) is 0 Å². The lowest BCUT2D eigenvalue weighted by atomic mass is 10.1. The molecule has 0 aliphatic carbocycles. The molecule has 0 spiro atoms. The molecule has 1 aromatic heterocycles. The molecule has 0 amide bonds. The highest BCUT2D eigenvalue weighted by molar-refractivity contribution is 6.31. The van der Waals surface area contributed by atoms with Gasteiger partial charge in [0.25, 0.3) is 0 Å². The largest absolute Gasteiger partial charge is 0.496 e. The van der Waals surface area contributed by atoms with Gasteiger partial charge in [0.05, 0.1) is 23.6 Å². The van der Waals surface area contributed by atoms with E-state index in [1.165, 1.54) is 7.11 Å². The van der Waals surface area contributed by atoms with Gasteiger partial charge in [-0.1, -0.05) is 11.6 Å². The summed E-state index contributed by atoms with van der Waals surface area (Å²) in [4.78, 5) is 11.1. The van der Waals surface area contributed by atoms with Crippen molar-refractivity contribution in [3.63, 3.8) is 0 Å². The van der Waals surface area contributed by atoms with E-state index in [4.69, 9.17) is 21.4 Å². The standard InChI is InChI=1S/C11H10ClNO3/c1-13-5-7(11(14)15)10-8(13)3-6(12)4-9(10)16-2/h3-5H,1-2H3,(H,14,15). The Balaban J connectivity index is 2.91. The number of carboxylic acids is 1. The predicted molar refractivity (Wildman–Crippen MR) is 61.4 cm³/mol. The number of fused-ring (bicyclic) bond motifs is 1. The fraction of sp³-hybridized carbons (Fsp3) is 0.182. The minimum atomic E-state index is -0.980. The monoisotopic (exact) mass is 239 g/mol. The van der Waals surface area contributed by atoms with Crippen LogP contribution in [0.5, 0.6) is 5.75 Å². The van der Waals surface area contributed by atoms with E-state index >= 15 is 0 Å². The Kier molecular flexibility index (Phi) is 2.52. The second kappa shape index (κ2) is 3.72. The molecule has 1 aromatic carbocycles. The van der Waals surface area contributed by atoms with Crippen LogP contribution >= 0.6 is 11.6 Å². The molecule has 16 heavy (non-hydrogen) atoms. The van der Waals surface area contributed by atoms with Gasteiger partial charge in [-0.3, -0.25) is 0 Å². The fourth-order valence-corrected chi connectivity index (χ4v) is 1.97. The predicted octanol–water partition coefficient (Wildman–Crippen LogP) is 2.54. The van der Waals surface area contributed by atoms with Crippen molar-refractivity contribution in [3.05, 3.63) is 28.9 Å². The normalized spacial score (nSPS) is 10.7. The highest BCUT2D eigenvalue weighted by Gasteiger charge is 2.17. The van der Waals surface area contributed by atoms with E-state index in [-0.39, 0.29) is 5.56 Å². The highest BCUT2D eigenvalue weighted by atomic mass is 35.5. The number of halogens is 1. The van der Waals surface area contributed by atoms with E-state index in [1.54, 1.807) is 29.9 Å². The highest BCUT2D eigenvalue weighted by Crippen LogP contribution is 2.33. The van der Waals surface area contributed by atoms with Crippen LogP contribution in [0.2, 0.25) is 5.02 Å². The molecule has 0 radical (unpaired) electrons. The number of carboxylic acid groups (broad SMARTS) is 1. The average Bonchev–Trinajstić information content (AvgIpc) is 2.55. The zero-order valence-corrected chi connectivity index (χ0v) is 9.58. The van der Waals surface area contributed by atoms with Crippen molar-refractivity contribution in [3.8, 4) is 5.75 Å². The van der Waals surface area contributed by atoms with Crippen LogP contribution in [-0.2, 0) is 7.05 Å². The third kappa shape index (κ3) is 1.51. The maximum absolute atomic E-state index is 11.1. The molecule has 0 saturated carbocycles. The average molecular weight is 240 g/mol. The fourth-order valence-electron chi connectivity index (χ4n) is 1.77. The molecule has 1 N–H and O–H groups in total. The number of hydrogen-bond acceptors (Lipinski definition) is 2. The van der Waals surface area contributed by atoms with E-state index in [1.807, 2.05) is 0 Å². The van der Waals surface area contributed by atoms with Crippen molar-refractivity contribution in [2.75, 3.05) is 7.11 Å². The second-order valence-corrected chi connectivity index (χ2v) is 3.90. The number of carbonyl (C=O) groups is 1. The van der Waals surface area contributed by atoms with Gasteiger partial charge < -0.3 is 14.4 Å². The summed E-state index contributed by atoms with van der Waals surface area (Å²) in [7, 11) is 3.26. The van der Waals surface area contributed by atoms with Gasteiger partial charge >= 0.3 is 5.97 Å². The molecular weight excluding hydrogens is 230 g/mol. The SMILES string of the molecule is COc1cc(Cl)cc2c1c(C(=O)O)cn2C. The Morgan fingerprint density at radius 2 is 2.19 bits per heavy atom. The molecule has 0 saturated heterocycles. The van der Waals surface area contributed by atoms with Gasteiger partial charge in [0.15, 0.2) is 0 Å². The number of aryl methyl sites for hydroxylation is 1. The Labute approximate surface area is 97.0 Å². The van der Waals surface area contributed by atoms with E-state index in [2.05, 4.69) is 0 Å². The van der Waals surface area contributed by atoms with Crippen molar-refractivity contribution >= 4 is 28.5 Å². The van der Waals surface area contributed by atoms with Crippen LogP contribution < -0.4 is 4.74 Å². The molecule has 0 fully saturated rings. The first-order valence-electron chi connectivity index (χ1n) is 4.60. The molecule has 1 heterocycles. The summed E-state index contributed by atoms with van der Waals surface area (Å²) in [5.74, 6) is -0.508. The summed E-state index contributed by atoms with van der Waals surface area (Å²) < 4.78 is 6.87. The lowest BCUT2D eigenvalue weighted by Crippen LogP contribution is -1.95. The maximum Gasteiger partial charge on any atom is 0.338 e. The molecule has 0 unspecified atom stereocenters.